The highest BCUT2D eigenvalue weighted by molar-refractivity contribution is 5.69. The molecule has 1 heterocycles. The van der Waals surface area contributed by atoms with Crippen LogP contribution in [-0.2, 0) is 0 Å². The normalized spacial score (nSPS) is 10.8. The fraction of sp³-hybridized carbons (Fsp3) is 0. The Morgan fingerprint density at radius 1 is 0.600 bits per heavy atom. The fourth-order valence-corrected chi connectivity index (χ4v) is 2.05. The molecule has 1 aromatic heterocycles. The second-order valence-electron chi connectivity index (χ2n) is 4.58. The molecule has 0 radical (unpaired) electrons. The summed E-state index contributed by atoms with van der Waals surface area (Å²) in [7, 11) is 0. The standard InChI is InChI=1S/C19H15N/c1-3-7-16(8-4-1)11-13-19-14-12-18(15-20-19)17-9-5-2-6-10-17/h1-15H/b13-11+. The van der Waals surface area contributed by atoms with Crippen LogP contribution >= 0.6 is 0 Å². The Morgan fingerprint density at radius 2 is 1.30 bits per heavy atom. The first kappa shape index (κ1) is 12.4. The molecule has 3 aromatic rings. The van der Waals surface area contributed by atoms with Gasteiger partial charge in [0.1, 0.15) is 0 Å². The van der Waals surface area contributed by atoms with Crippen molar-refractivity contribution in [3.05, 3.63) is 90.3 Å². The minimum atomic E-state index is 0.966. The van der Waals surface area contributed by atoms with Crippen LogP contribution in [-0.4, -0.2) is 4.98 Å². The molecular weight excluding hydrogens is 242 g/mol. The average Bonchev–Trinajstić information content (AvgIpc) is 2.55. The van der Waals surface area contributed by atoms with Gasteiger partial charge in [0.25, 0.3) is 0 Å². The molecule has 1 nitrogen and oxygen atoms in total. The first-order valence-electron chi connectivity index (χ1n) is 6.66. The van der Waals surface area contributed by atoms with Crippen molar-refractivity contribution in [2.45, 2.75) is 0 Å². The van der Waals surface area contributed by atoms with E-state index in [0.717, 1.165) is 11.3 Å². The van der Waals surface area contributed by atoms with Gasteiger partial charge in [-0.2, -0.15) is 0 Å². The van der Waals surface area contributed by atoms with E-state index in [9.17, 15) is 0 Å². The summed E-state index contributed by atoms with van der Waals surface area (Å²) < 4.78 is 0. The largest absolute Gasteiger partial charge is 0.256 e. The van der Waals surface area contributed by atoms with Crippen molar-refractivity contribution >= 4 is 12.2 Å². The molecule has 0 unspecified atom stereocenters. The second-order valence-corrected chi connectivity index (χ2v) is 4.58. The molecule has 0 aliphatic carbocycles. The predicted molar refractivity (Wildman–Crippen MR) is 85.0 cm³/mol. The molecule has 0 amide bonds. The summed E-state index contributed by atoms with van der Waals surface area (Å²) in [6, 6.07) is 24.7. The molecule has 0 aliphatic rings. The van der Waals surface area contributed by atoms with Crippen molar-refractivity contribution in [3.8, 4) is 11.1 Å². The van der Waals surface area contributed by atoms with Crippen LogP contribution < -0.4 is 0 Å². The van der Waals surface area contributed by atoms with E-state index < -0.39 is 0 Å². The van der Waals surface area contributed by atoms with E-state index in [1.807, 2.05) is 54.7 Å². The molecule has 20 heavy (non-hydrogen) atoms. The summed E-state index contributed by atoms with van der Waals surface area (Å²) in [6.07, 6.45) is 6.02. The molecule has 2 aromatic carbocycles. The smallest absolute Gasteiger partial charge is 0.0630 e. The van der Waals surface area contributed by atoms with E-state index in [1.54, 1.807) is 0 Å². The molecule has 0 saturated carbocycles. The van der Waals surface area contributed by atoms with Crippen molar-refractivity contribution in [1.29, 1.82) is 0 Å². The summed E-state index contributed by atoms with van der Waals surface area (Å²) in [5.41, 5.74) is 4.48. The number of aromatic nitrogens is 1. The van der Waals surface area contributed by atoms with Gasteiger partial charge in [-0.15, -0.1) is 0 Å². The van der Waals surface area contributed by atoms with Gasteiger partial charge in [-0.3, -0.25) is 4.98 Å². The third kappa shape index (κ3) is 3.01. The third-order valence-electron chi connectivity index (χ3n) is 3.14. The predicted octanol–water partition coefficient (Wildman–Crippen LogP) is 4.92. The lowest BCUT2D eigenvalue weighted by Crippen LogP contribution is -1.82. The maximum atomic E-state index is 4.48. The van der Waals surface area contributed by atoms with E-state index in [1.165, 1.54) is 11.1 Å². The van der Waals surface area contributed by atoms with Gasteiger partial charge in [-0.25, -0.2) is 0 Å². The van der Waals surface area contributed by atoms with E-state index in [0.29, 0.717) is 0 Å². The lowest BCUT2D eigenvalue weighted by molar-refractivity contribution is 1.30. The SMILES string of the molecule is C(=C\c1ccc(-c2ccccc2)cn1)/c1ccccc1. The van der Waals surface area contributed by atoms with Crippen LogP contribution in [0, 0.1) is 0 Å². The van der Waals surface area contributed by atoms with Crippen molar-refractivity contribution in [2.75, 3.05) is 0 Å². The van der Waals surface area contributed by atoms with Gasteiger partial charge in [-0.1, -0.05) is 72.8 Å². The Balaban J connectivity index is 1.79. The molecule has 0 saturated heterocycles. The molecule has 0 N–H and O–H groups in total. The molecular formula is C19H15N. The first-order valence-corrected chi connectivity index (χ1v) is 6.66. The second kappa shape index (κ2) is 5.98. The van der Waals surface area contributed by atoms with Gasteiger partial charge in [-0.05, 0) is 23.3 Å². The third-order valence-corrected chi connectivity index (χ3v) is 3.14. The molecule has 0 spiro atoms. The highest BCUT2D eigenvalue weighted by Gasteiger charge is 1.96. The van der Waals surface area contributed by atoms with Gasteiger partial charge in [0, 0.05) is 11.8 Å². The Hall–Kier alpha value is -2.67. The summed E-state index contributed by atoms with van der Waals surface area (Å²) >= 11 is 0. The minimum Gasteiger partial charge on any atom is -0.256 e. The number of rotatable bonds is 3. The Kier molecular flexibility index (Phi) is 3.70. The quantitative estimate of drug-likeness (QED) is 0.649. The minimum absolute atomic E-state index is 0.966. The molecule has 1 heteroatoms. The Labute approximate surface area is 119 Å². The van der Waals surface area contributed by atoms with Gasteiger partial charge in [0.2, 0.25) is 0 Å². The van der Waals surface area contributed by atoms with Crippen molar-refractivity contribution in [2.24, 2.45) is 0 Å². The molecule has 0 atom stereocenters. The van der Waals surface area contributed by atoms with E-state index in [4.69, 9.17) is 0 Å². The van der Waals surface area contributed by atoms with Crippen molar-refractivity contribution < 1.29 is 0 Å². The van der Waals surface area contributed by atoms with Gasteiger partial charge >= 0.3 is 0 Å². The first-order chi connectivity index (χ1) is 9.92. The van der Waals surface area contributed by atoms with Crippen LogP contribution in [0.15, 0.2) is 79.0 Å². The van der Waals surface area contributed by atoms with E-state index >= 15 is 0 Å². The molecule has 96 valence electrons. The molecule has 0 bridgehead atoms. The molecule has 0 aliphatic heterocycles. The van der Waals surface area contributed by atoms with Gasteiger partial charge < -0.3 is 0 Å². The fourth-order valence-electron chi connectivity index (χ4n) is 2.05. The Bertz CT molecular complexity index is 683. The van der Waals surface area contributed by atoms with Gasteiger partial charge in [0.05, 0.1) is 5.69 Å². The highest BCUT2D eigenvalue weighted by Crippen LogP contribution is 2.18. The summed E-state index contributed by atoms with van der Waals surface area (Å²) in [5, 5.41) is 0. The zero-order chi connectivity index (χ0) is 13.6. The summed E-state index contributed by atoms with van der Waals surface area (Å²) in [5.74, 6) is 0. The maximum absolute atomic E-state index is 4.48. The average molecular weight is 257 g/mol. The topological polar surface area (TPSA) is 12.9 Å². The highest BCUT2D eigenvalue weighted by atomic mass is 14.7. The number of pyridine rings is 1. The van der Waals surface area contributed by atoms with Crippen LogP contribution in [0.5, 0.6) is 0 Å². The monoisotopic (exact) mass is 257 g/mol. The van der Waals surface area contributed by atoms with Crippen molar-refractivity contribution in [1.82, 2.24) is 4.98 Å². The van der Waals surface area contributed by atoms with Crippen molar-refractivity contribution in [3.63, 3.8) is 0 Å². The van der Waals surface area contributed by atoms with E-state index in [2.05, 4.69) is 41.4 Å². The maximum Gasteiger partial charge on any atom is 0.0630 e. The van der Waals surface area contributed by atoms with Crippen LogP contribution in [0.25, 0.3) is 23.3 Å². The van der Waals surface area contributed by atoms with Crippen LogP contribution in [0.1, 0.15) is 11.3 Å². The summed E-state index contributed by atoms with van der Waals surface area (Å²) in [4.78, 5) is 4.48. The zero-order valence-corrected chi connectivity index (χ0v) is 11.1. The molecule has 0 fully saturated rings. The lowest BCUT2D eigenvalue weighted by atomic mass is 10.1. The number of hydrogen-bond donors (Lipinski definition) is 0. The zero-order valence-electron chi connectivity index (χ0n) is 11.1. The van der Waals surface area contributed by atoms with Crippen LogP contribution in [0.4, 0.5) is 0 Å². The van der Waals surface area contributed by atoms with Crippen LogP contribution in [0.2, 0.25) is 0 Å². The number of benzene rings is 2. The Morgan fingerprint density at radius 3 is 1.95 bits per heavy atom. The number of hydrogen-bond acceptors (Lipinski definition) is 1. The lowest BCUT2D eigenvalue weighted by Gasteiger charge is -2.01. The van der Waals surface area contributed by atoms with Crippen LogP contribution in [0.3, 0.4) is 0 Å². The van der Waals surface area contributed by atoms with E-state index in [-0.39, 0.29) is 0 Å². The van der Waals surface area contributed by atoms with Gasteiger partial charge in [0.15, 0.2) is 0 Å². The molecule has 3 rings (SSSR count). The number of nitrogens with zero attached hydrogens (tertiary/aromatic N) is 1. The summed E-state index contributed by atoms with van der Waals surface area (Å²) in [6.45, 7) is 0.